The van der Waals surface area contributed by atoms with Crippen molar-refractivity contribution in [2.45, 2.75) is 62.8 Å². The predicted octanol–water partition coefficient (Wildman–Crippen LogP) is 2.86. The summed E-state index contributed by atoms with van der Waals surface area (Å²) >= 11 is 0. The van der Waals surface area contributed by atoms with Crippen LogP contribution in [0.25, 0.3) is 0 Å². The fourth-order valence-corrected chi connectivity index (χ4v) is 6.05. The van der Waals surface area contributed by atoms with Crippen LogP contribution >= 0.6 is 0 Å². The van der Waals surface area contributed by atoms with E-state index in [-0.39, 0.29) is 11.8 Å². The average molecular weight is 422 g/mol. The molecule has 1 N–H and O–H groups in total. The normalized spacial score (nSPS) is 22.4. The second kappa shape index (κ2) is 10.5. The van der Waals surface area contributed by atoms with Gasteiger partial charge in [-0.2, -0.15) is 4.31 Å². The first-order chi connectivity index (χ1) is 14.0. The van der Waals surface area contributed by atoms with Crippen LogP contribution in [0.1, 0.15) is 51.9 Å². The second-order valence-corrected chi connectivity index (χ2v) is 10.2. The van der Waals surface area contributed by atoms with Gasteiger partial charge in [0.05, 0.1) is 4.90 Å². The number of piperidine rings is 2. The van der Waals surface area contributed by atoms with Crippen LogP contribution in [0.2, 0.25) is 0 Å². The van der Waals surface area contributed by atoms with E-state index in [4.69, 9.17) is 0 Å². The van der Waals surface area contributed by atoms with Gasteiger partial charge in [-0.25, -0.2) is 8.42 Å². The van der Waals surface area contributed by atoms with E-state index in [2.05, 4.69) is 17.1 Å². The lowest BCUT2D eigenvalue weighted by Crippen LogP contribution is -2.44. The molecule has 0 aliphatic carbocycles. The highest BCUT2D eigenvalue weighted by molar-refractivity contribution is 7.89. The fourth-order valence-electron chi connectivity index (χ4n) is 4.55. The SMILES string of the molecule is CC[C@@H]1CCCCN1CCCNC(=O)C1CCN(S(=O)(=O)c2ccccc2)CC1. The number of likely N-dealkylation sites (tertiary alicyclic amines) is 1. The molecule has 0 bridgehead atoms. The first-order valence-electron chi connectivity index (χ1n) is 11.1. The molecule has 0 aromatic heterocycles. The van der Waals surface area contributed by atoms with Gasteiger partial charge in [-0.05, 0) is 57.2 Å². The summed E-state index contributed by atoms with van der Waals surface area (Å²) in [6.45, 7) is 6.00. The number of rotatable bonds is 8. The molecule has 2 saturated heterocycles. The van der Waals surface area contributed by atoms with E-state index in [9.17, 15) is 13.2 Å². The van der Waals surface area contributed by atoms with Crippen molar-refractivity contribution in [1.29, 1.82) is 0 Å². The van der Waals surface area contributed by atoms with Gasteiger partial charge in [-0.1, -0.05) is 31.5 Å². The molecule has 162 valence electrons. The number of benzene rings is 1. The van der Waals surface area contributed by atoms with Gasteiger partial charge in [-0.3, -0.25) is 4.79 Å². The van der Waals surface area contributed by atoms with Gasteiger partial charge in [-0.15, -0.1) is 0 Å². The Bertz CT molecular complexity index is 746. The summed E-state index contributed by atoms with van der Waals surface area (Å²) in [5.41, 5.74) is 0. The van der Waals surface area contributed by atoms with Gasteiger partial charge >= 0.3 is 0 Å². The van der Waals surface area contributed by atoms with Crippen LogP contribution in [0.4, 0.5) is 0 Å². The monoisotopic (exact) mass is 421 g/mol. The van der Waals surface area contributed by atoms with Crippen LogP contribution in [0.15, 0.2) is 35.2 Å². The van der Waals surface area contributed by atoms with E-state index < -0.39 is 10.0 Å². The molecule has 6 nitrogen and oxygen atoms in total. The lowest BCUT2D eigenvalue weighted by Gasteiger charge is -2.35. The quantitative estimate of drug-likeness (QED) is 0.656. The highest BCUT2D eigenvalue weighted by atomic mass is 32.2. The molecule has 0 unspecified atom stereocenters. The Kier molecular flexibility index (Phi) is 8.09. The predicted molar refractivity (Wildman–Crippen MR) is 115 cm³/mol. The summed E-state index contributed by atoms with van der Waals surface area (Å²) in [7, 11) is -3.46. The molecule has 1 aromatic carbocycles. The van der Waals surface area contributed by atoms with E-state index in [1.807, 2.05) is 6.07 Å². The lowest BCUT2D eigenvalue weighted by molar-refractivity contribution is -0.126. The first-order valence-corrected chi connectivity index (χ1v) is 12.5. The van der Waals surface area contributed by atoms with E-state index in [1.165, 1.54) is 36.5 Å². The maximum Gasteiger partial charge on any atom is 0.243 e. The Morgan fingerprint density at radius 1 is 1.07 bits per heavy atom. The number of hydrogen-bond donors (Lipinski definition) is 1. The molecular formula is C22H35N3O3S. The average Bonchev–Trinajstić information content (AvgIpc) is 2.77. The van der Waals surface area contributed by atoms with Crippen molar-refractivity contribution < 1.29 is 13.2 Å². The molecule has 2 aliphatic heterocycles. The minimum atomic E-state index is -3.46. The molecule has 0 spiro atoms. The number of nitrogens with zero attached hydrogens (tertiary/aromatic N) is 2. The Morgan fingerprint density at radius 2 is 1.79 bits per heavy atom. The van der Waals surface area contributed by atoms with Crippen LogP contribution < -0.4 is 5.32 Å². The summed E-state index contributed by atoms with van der Waals surface area (Å²) in [6.07, 6.45) is 7.27. The minimum Gasteiger partial charge on any atom is -0.356 e. The third kappa shape index (κ3) is 5.80. The molecule has 7 heteroatoms. The van der Waals surface area contributed by atoms with Gasteiger partial charge < -0.3 is 10.2 Å². The fraction of sp³-hybridized carbons (Fsp3) is 0.682. The van der Waals surface area contributed by atoms with E-state index >= 15 is 0 Å². The molecule has 1 amide bonds. The Morgan fingerprint density at radius 3 is 2.48 bits per heavy atom. The molecular weight excluding hydrogens is 386 g/mol. The molecule has 0 saturated carbocycles. The van der Waals surface area contributed by atoms with Gasteiger partial charge in [0.15, 0.2) is 0 Å². The zero-order chi connectivity index (χ0) is 20.7. The minimum absolute atomic E-state index is 0.0763. The second-order valence-electron chi connectivity index (χ2n) is 8.23. The van der Waals surface area contributed by atoms with E-state index in [1.54, 1.807) is 24.3 Å². The molecule has 2 heterocycles. The first kappa shape index (κ1) is 22.2. The maximum absolute atomic E-state index is 12.7. The van der Waals surface area contributed by atoms with Crippen molar-refractivity contribution in [3.8, 4) is 0 Å². The molecule has 1 aromatic rings. The summed E-state index contributed by atoms with van der Waals surface area (Å²) in [6, 6.07) is 9.23. The highest BCUT2D eigenvalue weighted by Crippen LogP contribution is 2.24. The number of hydrogen-bond acceptors (Lipinski definition) is 4. The van der Waals surface area contributed by atoms with Gasteiger partial charge in [0.25, 0.3) is 0 Å². The van der Waals surface area contributed by atoms with Crippen LogP contribution in [-0.4, -0.2) is 62.3 Å². The van der Waals surface area contributed by atoms with E-state index in [0.717, 1.165) is 13.0 Å². The molecule has 0 radical (unpaired) electrons. The summed E-state index contributed by atoms with van der Waals surface area (Å²) in [4.78, 5) is 15.4. The summed E-state index contributed by atoms with van der Waals surface area (Å²) in [5.74, 6) is -0.0111. The topological polar surface area (TPSA) is 69.7 Å². The number of sulfonamides is 1. The Hall–Kier alpha value is -1.44. The largest absolute Gasteiger partial charge is 0.356 e. The zero-order valence-corrected chi connectivity index (χ0v) is 18.4. The van der Waals surface area contributed by atoms with Gasteiger partial charge in [0, 0.05) is 38.1 Å². The summed E-state index contributed by atoms with van der Waals surface area (Å²) < 4.78 is 26.9. The standard InChI is InChI=1S/C22H35N3O3S/c1-2-20-9-6-7-15-24(20)16-8-14-23-22(26)19-12-17-25(18-13-19)29(27,28)21-10-4-3-5-11-21/h3-5,10-11,19-20H,2,6-9,12-18H2,1H3,(H,23,26)/t20-/m1/s1. The maximum atomic E-state index is 12.7. The van der Waals surface area contributed by atoms with E-state index in [0.29, 0.717) is 43.4 Å². The van der Waals surface area contributed by atoms with Crippen LogP contribution in [0, 0.1) is 5.92 Å². The third-order valence-corrected chi connectivity index (χ3v) is 8.26. The molecule has 2 aliphatic rings. The highest BCUT2D eigenvalue weighted by Gasteiger charge is 2.31. The third-order valence-electron chi connectivity index (χ3n) is 6.35. The van der Waals surface area contributed by atoms with Crippen molar-refractivity contribution in [1.82, 2.24) is 14.5 Å². The van der Waals surface area contributed by atoms with Crippen LogP contribution in [0.3, 0.4) is 0 Å². The van der Waals surface area contributed by atoms with Crippen molar-refractivity contribution >= 4 is 15.9 Å². The smallest absolute Gasteiger partial charge is 0.243 e. The molecule has 2 fully saturated rings. The summed E-state index contributed by atoms with van der Waals surface area (Å²) in [5, 5.41) is 3.08. The molecule has 1 atom stereocenters. The Labute approximate surface area is 175 Å². The number of amides is 1. The van der Waals surface area contributed by atoms with Crippen molar-refractivity contribution in [2.24, 2.45) is 5.92 Å². The number of carbonyl (C=O) groups is 1. The number of nitrogens with one attached hydrogen (secondary N) is 1. The zero-order valence-electron chi connectivity index (χ0n) is 17.6. The van der Waals surface area contributed by atoms with Crippen molar-refractivity contribution in [3.63, 3.8) is 0 Å². The van der Waals surface area contributed by atoms with Gasteiger partial charge in [0.1, 0.15) is 0 Å². The van der Waals surface area contributed by atoms with Crippen molar-refractivity contribution in [2.75, 3.05) is 32.7 Å². The Balaban J connectivity index is 1.39. The van der Waals surface area contributed by atoms with Crippen LogP contribution in [0.5, 0.6) is 0 Å². The molecule has 29 heavy (non-hydrogen) atoms. The lowest BCUT2D eigenvalue weighted by atomic mass is 9.97. The van der Waals surface area contributed by atoms with Crippen molar-refractivity contribution in [3.05, 3.63) is 30.3 Å². The van der Waals surface area contributed by atoms with Gasteiger partial charge in [0.2, 0.25) is 15.9 Å². The number of carbonyl (C=O) groups excluding carboxylic acids is 1. The molecule has 3 rings (SSSR count). The van der Waals surface area contributed by atoms with Crippen LogP contribution in [-0.2, 0) is 14.8 Å².